The molecule has 0 radical (unpaired) electrons. The molecule has 3 unspecified atom stereocenters. The fraction of sp³-hybridized carbons (Fsp3) is 0.536. The van der Waals surface area contributed by atoms with Gasteiger partial charge in [-0.1, -0.05) is 24.3 Å². The lowest BCUT2D eigenvalue weighted by Crippen LogP contribution is -2.50. The molecule has 5 rings (SSSR count). The van der Waals surface area contributed by atoms with Crippen LogP contribution in [0.25, 0.3) is 22.3 Å². The zero-order chi connectivity index (χ0) is 24.7. The molecule has 35 heavy (non-hydrogen) atoms. The molecule has 0 aliphatic carbocycles. The van der Waals surface area contributed by atoms with Gasteiger partial charge in [0.15, 0.2) is 5.65 Å². The van der Waals surface area contributed by atoms with Crippen LogP contribution in [0, 0.1) is 6.92 Å². The maximum Gasteiger partial charge on any atom is 0.255 e. The van der Waals surface area contributed by atoms with Crippen LogP contribution in [0.5, 0.6) is 0 Å². The number of hydrogen-bond donors (Lipinski definition) is 0. The third-order valence-electron chi connectivity index (χ3n) is 7.31. The summed E-state index contributed by atoms with van der Waals surface area (Å²) in [5, 5.41) is 5.45. The van der Waals surface area contributed by atoms with Crippen LogP contribution in [-0.4, -0.2) is 74.9 Å². The van der Waals surface area contributed by atoms with E-state index in [1.54, 1.807) is 0 Å². The Hall–Kier alpha value is -2.77. The molecular formula is C28H37N5O2. The zero-order valence-electron chi connectivity index (χ0n) is 21.6. The summed E-state index contributed by atoms with van der Waals surface area (Å²) in [5.74, 6) is 0.0902. The number of aryl methyl sites for hydroxylation is 1. The molecule has 2 aliphatic heterocycles. The largest absolute Gasteiger partial charge is 0.373 e. The van der Waals surface area contributed by atoms with Gasteiger partial charge in [0.1, 0.15) is 0 Å². The number of rotatable bonds is 5. The molecule has 3 atom stereocenters. The summed E-state index contributed by atoms with van der Waals surface area (Å²) in [6.45, 7) is 14.1. The zero-order valence-corrected chi connectivity index (χ0v) is 21.6. The van der Waals surface area contributed by atoms with Crippen molar-refractivity contribution in [2.24, 2.45) is 0 Å². The number of carbonyl (C=O) groups is 1. The predicted molar refractivity (Wildman–Crippen MR) is 139 cm³/mol. The van der Waals surface area contributed by atoms with E-state index in [-0.39, 0.29) is 30.2 Å². The van der Waals surface area contributed by atoms with Gasteiger partial charge < -0.3 is 9.64 Å². The van der Waals surface area contributed by atoms with Crippen LogP contribution in [0.1, 0.15) is 62.5 Å². The van der Waals surface area contributed by atoms with E-state index in [2.05, 4.69) is 61.6 Å². The number of ether oxygens (including phenoxy) is 1. The van der Waals surface area contributed by atoms with Gasteiger partial charge in [-0.2, -0.15) is 5.10 Å². The van der Waals surface area contributed by atoms with Gasteiger partial charge in [-0.15, -0.1) is 0 Å². The Morgan fingerprint density at radius 2 is 1.91 bits per heavy atom. The number of likely N-dealkylation sites (tertiary alicyclic amines) is 1. The van der Waals surface area contributed by atoms with E-state index in [1.807, 2.05) is 29.1 Å². The van der Waals surface area contributed by atoms with Crippen LogP contribution < -0.4 is 0 Å². The first-order chi connectivity index (χ1) is 16.8. The number of aromatic nitrogens is 3. The highest BCUT2D eigenvalue weighted by Gasteiger charge is 2.34. The van der Waals surface area contributed by atoms with E-state index >= 15 is 0 Å². The third kappa shape index (κ3) is 4.71. The maximum absolute atomic E-state index is 14.1. The molecule has 7 nitrogen and oxygen atoms in total. The summed E-state index contributed by atoms with van der Waals surface area (Å²) in [4.78, 5) is 23.7. The van der Waals surface area contributed by atoms with Crippen molar-refractivity contribution >= 4 is 16.9 Å². The van der Waals surface area contributed by atoms with Crippen molar-refractivity contribution in [3.05, 3.63) is 47.7 Å². The van der Waals surface area contributed by atoms with Crippen LogP contribution in [0.4, 0.5) is 0 Å². The maximum atomic E-state index is 14.1. The number of nitrogens with zero attached hydrogens (tertiary/aromatic N) is 5. The molecule has 3 aromatic rings. The molecule has 186 valence electrons. The van der Waals surface area contributed by atoms with Gasteiger partial charge in [-0.3, -0.25) is 9.69 Å². The van der Waals surface area contributed by atoms with Gasteiger partial charge in [-0.25, -0.2) is 9.67 Å². The third-order valence-corrected chi connectivity index (χ3v) is 7.31. The van der Waals surface area contributed by atoms with Crippen LogP contribution in [0.3, 0.4) is 0 Å². The van der Waals surface area contributed by atoms with Crippen molar-refractivity contribution in [1.82, 2.24) is 24.6 Å². The number of pyridine rings is 1. The fourth-order valence-corrected chi connectivity index (χ4v) is 5.75. The van der Waals surface area contributed by atoms with Crippen molar-refractivity contribution < 1.29 is 9.53 Å². The van der Waals surface area contributed by atoms with Gasteiger partial charge in [0.05, 0.1) is 35.0 Å². The average molecular weight is 476 g/mol. The first-order valence-electron chi connectivity index (χ1n) is 12.9. The number of fused-ring (bicyclic) bond motifs is 1. The summed E-state index contributed by atoms with van der Waals surface area (Å²) < 4.78 is 7.84. The first-order valence-corrected chi connectivity index (χ1v) is 12.9. The second-order valence-corrected chi connectivity index (χ2v) is 10.6. The van der Waals surface area contributed by atoms with Crippen LogP contribution in [-0.2, 0) is 4.74 Å². The summed E-state index contributed by atoms with van der Waals surface area (Å²) in [7, 11) is 0. The number of amides is 1. The normalized spacial score (nSPS) is 23.5. The Kier molecular flexibility index (Phi) is 6.64. The molecule has 2 aromatic heterocycles. The number of benzene rings is 1. The average Bonchev–Trinajstić information content (AvgIpc) is 3.44. The number of hydrogen-bond acceptors (Lipinski definition) is 5. The van der Waals surface area contributed by atoms with Crippen molar-refractivity contribution in [1.29, 1.82) is 0 Å². The lowest BCUT2D eigenvalue weighted by molar-refractivity contribution is -0.0715. The van der Waals surface area contributed by atoms with Crippen molar-refractivity contribution in [2.75, 3.05) is 26.2 Å². The van der Waals surface area contributed by atoms with E-state index in [4.69, 9.17) is 9.72 Å². The smallest absolute Gasteiger partial charge is 0.255 e. The minimum atomic E-state index is 0.0902. The molecule has 1 aromatic carbocycles. The SMILES string of the molecule is Cc1ccccc1-c1cc(C(=O)N2CCCC2CN2CC(C)OC(C)C2)c2cnn(C(C)C)c2n1. The number of morpholine rings is 1. The topological polar surface area (TPSA) is 63.5 Å². The number of carbonyl (C=O) groups excluding carboxylic acids is 1. The molecule has 0 bridgehead atoms. The van der Waals surface area contributed by atoms with Gasteiger partial charge >= 0.3 is 0 Å². The molecule has 0 N–H and O–H groups in total. The van der Waals surface area contributed by atoms with E-state index in [0.29, 0.717) is 5.56 Å². The highest BCUT2D eigenvalue weighted by atomic mass is 16.5. The van der Waals surface area contributed by atoms with Crippen molar-refractivity contribution in [3.8, 4) is 11.3 Å². The van der Waals surface area contributed by atoms with Gasteiger partial charge in [-0.05, 0) is 59.1 Å². The monoisotopic (exact) mass is 475 g/mol. The van der Waals surface area contributed by atoms with Gasteiger partial charge in [0.25, 0.3) is 5.91 Å². The molecule has 0 spiro atoms. The molecule has 2 fully saturated rings. The lowest BCUT2D eigenvalue weighted by Gasteiger charge is -2.38. The highest BCUT2D eigenvalue weighted by Crippen LogP contribution is 2.31. The summed E-state index contributed by atoms with van der Waals surface area (Å²) in [6, 6.07) is 10.6. The Morgan fingerprint density at radius 3 is 2.63 bits per heavy atom. The van der Waals surface area contributed by atoms with Crippen LogP contribution in [0.2, 0.25) is 0 Å². The molecule has 0 saturated carbocycles. The molecule has 2 aliphatic rings. The Bertz CT molecular complexity index is 1210. The minimum absolute atomic E-state index is 0.0902. The van der Waals surface area contributed by atoms with Crippen molar-refractivity contribution in [3.63, 3.8) is 0 Å². The van der Waals surface area contributed by atoms with E-state index in [9.17, 15) is 4.79 Å². The van der Waals surface area contributed by atoms with Crippen LogP contribution >= 0.6 is 0 Å². The summed E-state index contributed by atoms with van der Waals surface area (Å²) in [6.07, 6.45) is 4.34. The molecular weight excluding hydrogens is 438 g/mol. The van der Waals surface area contributed by atoms with Gasteiger partial charge in [0, 0.05) is 43.8 Å². The standard InChI is InChI=1S/C28H37N5O2/c1-18(2)33-27-25(14-29-33)24(13-26(30-27)23-11-7-6-9-19(23)3)28(34)32-12-8-10-22(32)17-31-15-20(4)35-21(5)16-31/h6-7,9,11,13-14,18,20-22H,8,10,12,15-17H2,1-5H3. The van der Waals surface area contributed by atoms with Gasteiger partial charge in [0.2, 0.25) is 0 Å². The quantitative estimate of drug-likeness (QED) is 0.535. The predicted octanol–water partition coefficient (Wildman–Crippen LogP) is 4.70. The van der Waals surface area contributed by atoms with E-state index < -0.39 is 0 Å². The molecule has 1 amide bonds. The Morgan fingerprint density at radius 1 is 1.17 bits per heavy atom. The van der Waals surface area contributed by atoms with E-state index in [1.165, 1.54) is 0 Å². The molecule has 4 heterocycles. The second-order valence-electron chi connectivity index (χ2n) is 10.6. The second kappa shape index (κ2) is 9.70. The first kappa shape index (κ1) is 23.9. The van der Waals surface area contributed by atoms with Crippen molar-refractivity contribution in [2.45, 2.75) is 71.8 Å². The highest BCUT2D eigenvalue weighted by molar-refractivity contribution is 6.06. The molecule has 7 heteroatoms. The fourth-order valence-electron chi connectivity index (χ4n) is 5.75. The van der Waals surface area contributed by atoms with E-state index in [0.717, 1.165) is 66.9 Å². The minimum Gasteiger partial charge on any atom is -0.373 e. The Labute approximate surface area is 208 Å². The van der Waals surface area contributed by atoms with Crippen LogP contribution in [0.15, 0.2) is 36.5 Å². The summed E-state index contributed by atoms with van der Waals surface area (Å²) >= 11 is 0. The lowest BCUT2D eigenvalue weighted by atomic mass is 10.0. The molecule has 2 saturated heterocycles. The summed E-state index contributed by atoms with van der Waals surface area (Å²) in [5.41, 5.74) is 4.50. The Balaban J connectivity index is 1.51.